The molecule has 0 aliphatic carbocycles. The van der Waals surface area contributed by atoms with Crippen molar-refractivity contribution in [2.45, 2.75) is 18.6 Å². The van der Waals surface area contributed by atoms with Crippen LogP contribution < -0.4 is 5.32 Å². The number of fused-ring (bicyclic) bond motifs is 1. The van der Waals surface area contributed by atoms with E-state index >= 15 is 0 Å². The Hall–Kier alpha value is -0.650. The van der Waals surface area contributed by atoms with Gasteiger partial charge in [-0.1, -0.05) is 0 Å². The average molecular weight is 187 g/mol. The molecule has 0 bridgehead atoms. The number of hydrogen-bond acceptors (Lipinski definition) is 5. The van der Waals surface area contributed by atoms with Crippen molar-refractivity contribution < 1.29 is 19.0 Å². The summed E-state index contributed by atoms with van der Waals surface area (Å²) in [4.78, 5) is 11.6. The fraction of sp³-hybridized carbons (Fsp3) is 0.875. The standard InChI is InChI=1S/C8H13NO4/c1-2-11-7(10)8-4-9-3-6(8)12-5-13-8/h6,9H,2-5H2,1H3. The molecule has 1 N–H and O–H groups in total. The van der Waals surface area contributed by atoms with E-state index in [-0.39, 0.29) is 18.9 Å². The van der Waals surface area contributed by atoms with E-state index in [0.717, 1.165) is 0 Å². The molecular formula is C8H13NO4. The fourth-order valence-electron chi connectivity index (χ4n) is 1.74. The van der Waals surface area contributed by atoms with E-state index in [0.29, 0.717) is 19.7 Å². The number of hydrogen-bond donors (Lipinski definition) is 1. The van der Waals surface area contributed by atoms with Crippen molar-refractivity contribution in [2.75, 3.05) is 26.5 Å². The molecule has 0 aromatic heterocycles. The smallest absolute Gasteiger partial charge is 0.342 e. The van der Waals surface area contributed by atoms with Crippen molar-refractivity contribution in [3.8, 4) is 0 Å². The number of nitrogens with one attached hydrogen (secondary N) is 1. The summed E-state index contributed by atoms with van der Waals surface area (Å²) in [5.41, 5.74) is -0.879. The SMILES string of the molecule is CCOC(=O)C12CNCC1OCO2. The predicted molar refractivity (Wildman–Crippen MR) is 43.1 cm³/mol. The van der Waals surface area contributed by atoms with Crippen molar-refractivity contribution in [2.24, 2.45) is 0 Å². The van der Waals surface area contributed by atoms with Gasteiger partial charge in [-0.15, -0.1) is 0 Å². The minimum absolute atomic E-state index is 0.186. The van der Waals surface area contributed by atoms with Crippen LogP contribution in [0.1, 0.15) is 6.92 Å². The fourth-order valence-corrected chi connectivity index (χ4v) is 1.74. The second kappa shape index (κ2) is 3.25. The molecule has 5 heteroatoms. The number of carbonyl (C=O) groups is 1. The van der Waals surface area contributed by atoms with E-state index in [4.69, 9.17) is 14.2 Å². The van der Waals surface area contributed by atoms with E-state index in [2.05, 4.69) is 5.32 Å². The minimum atomic E-state index is -0.879. The molecule has 2 aliphatic heterocycles. The van der Waals surface area contributed by atoms with Crippen LogP contribution >= 0.6 is 0 Å². The van der Waals surface area contributed by atoms with Crippen LogP contribution in [0.5, 0.6) is 0 Å². The highest BCUT2D eigenvalue weighted by atomic mass is 16.7. The van der Waals surface area contributed by atoms with Crippen molar-refractivity contribution in [3.63, 3.8) is 0 Å². The summed E-state index contributed by atoms with van der Waals surface area (Å²) >= 11 is 0. The average Bonchev–Trinajstić information content (AvgIpc) is 2.61. The number of carbonyl (C=O) groups excluding carboxylic acids is 1. The molecule has 5 nitrogen and oxygen atoms in total. The van der Waals surface area contributed by atoms with Gasteiger partial charge in [0.05, 0.1) is 6.61 Å². The lowest BCUT2D eigenvalue weighted by molar-refractivity contribution is -0.164. The zero-order chi connectivity index (χ0) is 9.31. The lowest BCUT2D eigenvalue weighted by Gasteiger charge is -2.22. The summed E-state index contributed by atoms with van der Waals surface area (Å²) in [6.45, 7) is 3.47. The van der Waals surface area contributed by atoms with E-state index in [1.165, 1.54) is 0 Å². The first kappa shape index (κ1) is 8.93. The highest BCUT2D eigenvalue weighted by Gasteiger charge is 2.56. The third kappa shape index (κ3) is 1.23. The van der Waals surface area contributed by atoms with Gasteiger partial charge in [0, 0.05) is 13.1 Å². The van der Waals surface area contributed by atoms with Crippen molar-refractivity contribution in [1.29, 1.82) is 0 Å². The Labute approximate surface area is 76.3 Å². The zero-order valence-electron chi connectivity index (χ0n) is 7.54. The maximum absolute atomic E-state index is 11.6. The van der Waals surface area contributed by atoms with Gasteiger partial charge < -0.3 is 19.5 Å². The zero-order valence-corrected chi connectivity index (χ0v) is 7.54. The van der Waals surface area contributed by atoms with Gasteiger partial charge in [-0.2, -0.15) is 0 Å². The molecule has 2 aliphatic rings. The molecule has 74 valence electrons. The number of rotatable bonds is 2. The first-order valence-electron chi connectivity index (χ1n) is 4.43. The molecule has 13 heavy (non-hydrogen) atoms. The predicted octanol–water partition coefficient (Wildman–Crippen LogP) is -0.736. The molecule has 0 aromatic rings. The molecule has 0 aromatic carbocycles. The molecule has 0 radical (unpaired) electrons. The van der Waals surface area contributed by atoms with Crippen LogP contribution in [0, 0.1) is 0 Å². The molecule has 0 saturated carbocycles. The van der Waals surface area contributed by atoms with Crippen LogP contribution in [-0.4, -0.2) is 44.2 Å². The van der Waals surface area contributed by atoms with Gasteiger partial charge in [-0.05, 0) is 6.92 Å². The molecule has 2 heterocycles. The van der Waals surface area contributed by atoms with Gasteiger partial charge in [-0.25, -0.2) is 4.79 Å². The molecule has 0 amide bonds. The van der Waals surface area contributed by atoms with Gasteiger partial charge in [-0.3, -0.25) is 0 Å². The summed E-state index contributed by atoms with van der Waals surface area (Å²) in [5, 5.41) is 3.05. The van der Waals surface area contributed by atoms with Gasteiger partial charge in [0.1, 0.15) is 12.9 Å². The molecule has 2 rings (SSSR count). The molecule has 0 spiro atoms. The monoisotopic (exact) mass is 187 g/mol. The van der Waals surface area contributed by atoms with Crippen molar-refractivity contribution in [3.05, 3.63) is 0 Å². The maximum Gasteiger partial charge on any atom is 0.342 e. The third-order valence-electron chi connectivity index (χ3n) is 2.44. The van der Waals surface area contributed by atoms with Crippen LogP contribution in [0.4, 0.5) is 0 Å². The summed E-state index contributed by atoms with van der Waals surface area (Å²) in [6, 6.07) is 0. The Morgan fingerprint density at radius 2 is 2.62 bits per heavy atom. The van der Waals surface area contributed by atoms with Crippen LogP contribution in [0.25, 0.3) is 0 Å². The van der Waals surface area contributed by atoms with Crippen molar-refractivity contribution >= 4 is 5.97 Å². The first-order chi connectivity index (χ1) is 6.29. The Morgan fingerprint density at radius 3 is 3.38 bits per heavy atom. The van der Waals surface area contributed by atoms with Gasteiger partial charge in [0.15, 0.2) is 0 Å². The molecule has 2 unspecified atom stereocenters. The largest absolute Gasteiger partial charge is 0.464 e. The van der Waals surface area contributed by atoms with Crippen LogP contribution in [-0.2, 0) is 19.0 Å². The number of ether oxygens (including phenoxy) is 3. The summed E-state index contributed by atoms with van der Waals surface area (Å²) in [5.74, 6) is -0.317. The first-order valence-corrected chi connectivity index (χ1v) is 4.43. The highest BCUT2D eigenvalue weighted by molar-refractivity contribution is 5.81. The summed E-state index contributed by atoms with van der Waals surface area (Å²) in [6.07, 6.45) is -0.188. The van der Waals surface area contributed by atoms with Crippen LogP contribution in [0.2, 0.25) is 0 Å². The Morgan fingerprint density at radius 1 is 1.77 bits per heavy atom. The molecule has 2 atom stereocenters. The highest BCUT2D eigenvalue weighted by Crippen LogP contribution is 2.30. The van der Waals surface area contributed by atoms with Crippen LogP contribution in [0.3, 0.4) is 0 Å². The summed E-state index contributed by atoms with van der Waals surface area (Å²) < 4.78 is 15.5. The van der Waals surface area contributed by atoms with Gasteiger partial charge >= 0.3 is 5.97 Å². The minimum Gasteiger partial charge on any atom is -0.464 e. The van der Waals surface area contributed by atoms with E-state index in [1.807, 2.05) is 0 Å². The number of esters is 1. The topological polar surface area (TPSA) is 56.8 Å². The lowest BCUT2D eigenvalue weighted by atomic mass is 10.0. The van der Waals surface area contributed by atoms with Gasteiger partial charge in [0.2, 0.25) is 5.60 Å². The van der Waals surface area contributed by atoms with E-state index in [1.54, 1.807) is 6.92 Å². The second-order valence-electron chi connectivity index (χ2n) is 3.16. The third-order valence-corrected chi connectivity index (χ3v) is 2.44. The lowest BCUT2D eigenvalue weighted by Crippen LogP contribution is -2.48. The Kier molecular flexibility index (Phi) is 2.23. The normalized spacial score (nSPS) is 37.5. The Bertz CT molecular complexity index is 208. The molecule has 2 saturated heterocycles. The van der Waals surface area contributed by atoms with Crippen molar-refractivity contribution in [1.82, 2.24) is 5.32 Å². The Balaban J connectivity index is 2.12. The van der Waals surface area contributed by atoms with Gasteiger partial charge in [0.25, 0.3) is 0 Å². The van der Waals surface area contributed by atoms with E-state index in [9.17, 15) is 4.79 Å². The maximum atomic E-state index is 11.6. The second-order valence-corrected chi connectivity index (χ2v) is 3.16. The molecule has 2 fully saturated rings. The quantitative estimate of drug-likeness (QED) is 0.577. The summed E-state index contributed by atoms with van der Waals surface area (Å²) in [7, 11) is 0. The van der Waals surface area contributed by atoms with Crippen LogP contribution in [0.15, 0.2) is 0 Å². The molecular weight excluding hydrogens is 174 g/mol. The van der Waals surface area contributed by atoms with E-state index < -0.39 is 5.60 Å².